The van der Waals surface area contributed by atoms with Crippen LogP contribution in [0.1, 0.15) is 23.4 Å². The first-order valence-electron chi connectivity index (χ1n) is 9.14. The van der Waals surface area contributed by atoms with Gasteiger partial charge in [-0.2, -0.15) is 5.26 Å². The van der Waals surface area contributed by atoms with Crippen LogP contribution in [-0.4, -0.2) is 27.8 Å². The van der Waals surface area contributed by atoms with Crippen molar-refractivity contribution >= 4 is 29.0 Å². The molecule has 0 radical (unpaired) electrons. The molecule has 1 aromatic carbocycles. The smallest absolute Gasteiger partial charge is 0.326 e. The minimum atomic E-state index is -0.577. The number of H-pyrrole nitrogens is 1. The number of urea groups is 1. The fraction of sp³-hybridized carbons (Fsp3) is 0.200. The summed E-state index contributed by atoms with van der Waals surface area (Å²) in [5.74, 6) is -0.0354. The molecule has 0 saturated heterocycles. The zero-order valence-corrected chi connectivity index (χ0v) is 16.4. The Morgan fingerprint density at radius 3 is 3.00 bits per heavy atom. The van der Waals surface area contributed by atoms with Crippen molar-refractivity contribution in [3.63, 3.8) is 0 Å². The highest BCUT2D eigenvalue weighted by Gasteiger charge is 2.24. The van der Waals surface area contributed by atoms with Crippen LogP contribution < -0.4 is 15.0 Å². The predicted octanol–water partition coefficient (Wildman–Crippen LogP) is 4.03. The molecule has 0 aliphatic carbocycles. The Labute approximate surface area is 176 Å². The summed E-state index contributed by atoms with van der Waals surface area (Å²) < 4.78 is 19.0. The Morgan fingerprint density at radius 2 is 2.27 bits per heavy atom. The maximum absolute atomic E-state index is 13.4. The lowest BCUT2D eigenvalue weighted by Gasteiger charge is -2.23. The molecule has 152 valence electrons. The number of nitriles is 1. The molecular formula is C20H16ClFN6O2. The Kier molecular flexibility index (Phi) is 5.50. The van der Waals surface area contributed by atoms with Gasteiger partial charge in [0, 0.05) is 11.3 Å². The molecular weight excluding hydrogens is 411 g/mol. The number of amides is 2. The SMILES string of the molecule is N#Cc1ccc(N(Cc2[nH]nc3c2CCCO3)C(=O)Nc2ccc(F)c(Cl)c2)cn1. The zero-order valence-electron chi connectivity index (χ0n) is 15.7. The van der Waals surface area contributed by atoms with Crippen molar-refractivity contribution in [3.8, 4) is 11.9 Å². The van der Waals surface area contributed by atoms with E-state index in [1.807, 2.05) is 6.07 Å². The fourth-order valence-electron chi connectivity index (χ4n) is 3.12. The number of halogens is 2. The van der Waals surface area contributed by atoms with Gasteiger partial charge in [-0.15, -0.1) is 5.10 Å². The third-order valence-electron chi connectivity index (χ3n) is 4.63. The van der Waals surface area contributed by atoms with Gasteiger partial charge in [0.15, 0.2) is 0 Å². The number of pyridine rings is 1. The molecule has 10 heteroatoms. The third kappa shape index (κ3) is 4.04. The molecule has 0 bridgehead atoms. The molecule has 3 heterocycles. The van der Waals surface area contributed by atoms with Crippen LogP contribution in [0.2, 0.25) is 5.02 Å². The molecule has 30 heavy (non-hydrogen) atoms. The highest BCUT2D eigenvalue weighted by atomic mass is 35.5. The number of rotatable bonds is 4. The van der Waals surface area contributed by atoms with Crippen LogP contribution in [0.5, 0.6) is 5.88 Å². The minimum absolute atomic E-state index is 0.0980. The number of hydrogen-bond donors (Lipinski definition) is 2. The molecule has 0 atom stereocenters. The first-order valence-corrected chi connectivity index (χ1v) is 9.51. The second-order valence-electron chi connectivity index (χ2n) is 6.60. The molecule has 0 saturated carbocycles. The monoisotopic (exact) mass is 426 g/mol. The molecule has 2 amide bonds. The van der Waals surface area contributed by atoms with E-state index in [9.17, 15) is 9.18 Å². The van der Waals surface area contributed by atoms with E-state index in [-0.39, 0.29) is 17.3 Å². The van der Waals surface area contributed by atoms with Gasteiger partial charge in [0.25, 0.3) is 0 Å². The van der Waals surface area contributed by atoms with Crippen LogP contribution in [0.25, 0.3) is 0 Å². The number of aromatic amines is 1. The molecule has 0 spiro atoms. The topological polar surface area (TPSA) is 107 Å². The van der Waals surface area contributed by atoms with Crippen molar-refractivity contribution in [3.05, 3.63) is 64.3 Å². The quantitative estimate of drug-likeness (QED) is 0.654. The number of carbonyl (C=O) groups is 1. The largest absolute Gasteiger partial charge is 0.476 e. The Balaban J connectivity index is 1.64. The van der Waals surface area contributed by atoms with E-state index >= 15 is 0 Å². The van der Waals surface area contributed by atoms with Gasteiger partial charge in [-0.05, 0) is 43.2 Å². The number of ether oxygens (including phenoxy) is 1. The molecule has 0 unspecified atom stereocenters. The number of hydrogen-bond acceptors (Lipinski definition) is 5. The average molecular weight is 427 g/mol. The van der Waals surface area contributed by atoms with Gasteiger partial charge in [-0.1, -0.05) is 11.6 Å². The van der Waals surface area contributed by atoms with Gasteiger partial charge in [0.05, 0.1) is 35.8 Å². The lowest BCUT2D eigenvalue weighted by molar-refractivity contribution is 0.256. The van der Waals surface area contributed by atoms with Crippen LogP contribution >= 0.6 is 11.6 Å². The van der Waals surface area contributed by atoms with Gasteiger partial charge in [0.2, 0.25) is 5.88 Å². The first-order chi connectivity index (χ1) is 14.5. The summed E-state index contributed by atoms with van der Waals surface area (Å²) in [7, 11) is 0. The van der Waals surface area contributed by atoms with Crippen LogP contribution in [0.3, 0.4) is 0 Å². The van der Waals surface area contributed by atoms with Crippen molar-refractivity contribution in [1.29, 1.82) is 5.26 Å². The van der Waals surface area contributed by atoms with Crippen LogP contribution in [0.15, 0.2) is 36.5 Å². The highest BCUT2D eigenvalue weighted by Crippen LogP contribution is 2.28. The molecule has 2 aromatic heterocycles. The van der Waals surface area contributed by atoms with Gasteiger partial charge < -0.3 is 10.1 Å². The van der Waals surface area contributed by atoms with E-state index in [1.54, 1.807) is 6.07 Å². The number of carbonyl (C=O) groups excluding carboxylic acids is 1. The lowest BCUT2D eigenvalue weighted by Crippen LogP contribution is -2.35. The summed E-state index contributed by atoms with van der Waals surface area (Å²) in [4.78, 5) is 18.6. The first kappa shape index (κ1) is 19.7. The second-order valence-corrected chi connectivity index (χ2v) is 7.00. The average Bonchev–Trinajstić information content (AvgIpc) is 3.17. The zero-order chi connectivity index (χ0) is 21.1. The molecule has 3 aromatic rings. The fourth-order valence-corrected chi connectivity index (χ4v) is 3.30. The normalized spacial score (nSPS) is 12.4. The van der Waals surface area contributed by atoms with Crippen molar-refractivity contribution in [2.24, 2.45) is 0 Å². The molecule has 4 rings (SSSR count). The van der Waals surface area contributed by atoms with E-state index in [1.165, 1.54) is 35.4 Å². The summed E-state index contributed by atoms with van der Waals surface area (Å²) in [6.07, 6.45) is 3.09. The summed E-state index contributed by atoms with van der Waals surface area (Å²) in [6.45, 7) is 0.770. The Morgan fingerprint density at radius 1 is 1.40 bits per heavy atom. The van der Waals surface area contributed by atoms with E-state index in [4.69, 9.17) is 21.6 Å². The van der Waals surface area contributed by atoms with E-state index in [2.05, 4.69) is 20.5 Å². The molecule has 0 fully saturated rings. The van der Waals surface area contributed by atoms with Crippen LogP contribution in [-0.2, 0) is 13.0 Å². The Bertz CT molecular complexity index is 1130. The maximum atomic E-state index is 13.4. The standard InChI is InChI=1S/C20H16ClFN6O2/c21-16-8-12(4-6-17(16)22)25-20(29)28(14-5-3-13(9-23)24-10-14)11-18-15-2-1-7-30-19(15)27-26-18/h3-6,8,10H,1-2,7,11H2,(H,25,29)(H,26,27). The van der Waals surface area contributed by atoms with E-state index < -0.39 is 11.8 Å². The number of nitrogens with zero attached hydrogens (tertiary/aromatic N) is 4. The second kappa shape index (κ2) is 8.39. The lowest BCUT2D eigenvalue weighted by atomic mass is 10.1. The molecule has 1 aliphatic rings. The van der Waals surface area contributed by atoms with E-state index in [0.717, 1.165) is 24.1 Å². The Hall–Kier alpha value is -3.64. The van der Waals surface area contributed by atoms with Crippen molar-refractivity contribution in [1.82, 2.24) is 15.2 Å². The maximum Gasteiger partial charge on any atom is 0.326 e. The number of aromatic nitrogens is 3. The summed E-state index contributed by atoms with van der Waals surface area (Å²) in [5.41, 5.74) is 2.70. The van der Waals surface area contributed by atoms with E-state index in [0.29, 0.717) is 23.9 Å². The third-order valence-corrected chi connectivity index (χ3v) is 4.92. The van der Waals surface area contributed by atoms with Gasteiger partial charge in [-0.25, -0.2) is 14.2 Å². The van der Waals surface area contributed by atoms with Crippen LogP contribution in [0.4, 0.5) is 20.6 Å². The molecule has 2 N–H and O–H groups in total. The van der Waals surface area contributed by atoms with Crippen molar-refractivity contribution in [2.45, 2.75) is 19.4 Å². The number of fused-ring (bicyclic) bond motifs is 1. The van der Waals surface area contributed by atoms with Gasteiger partial charge >= 0.3 is 6.03 Å². The van der Waals surface area contributed by atoms with Crippen molar-refractivity contribution in [2.75, 3.05) is 16.8 Å². The van der Waals surface area contributed by atoms with Gasteiger partial charge in [-0.3, -0.25) is 10.00 Å². The van der Waals surface area contributed by atoms with Crippen molar-refractivity contribution < 1.29 is 13.9 Å². The summed E-state index contributed by atoms with van der Waals surface area (Å²) in [6, 6.07) is 8.54. The summed E-state index contributed by atoms with van der Waals surface area (Å²) in [5, 5.41) is 18.7. The van der Waals surface area contributed by atoms with Crippen LogP contribution in [0, 0.1) is 17.1 Å². The van der Waals surface area contributed by atoms with Gasteiger partial charge in [0.1, 0.15) is 17.6 Å². The molecule has 8 nitrogen and oxygen atoms in total. The number of anilines is 2. The number of nitrogens with one attached hydrogen (secondary N) is 2. The summed E-state index contributed by atoms with van der Waals surface area (Å²) >= 11 is 5.81. The minimum Gasteiger partial charge on any atom is -0.476 e. The predicted molar refractivity (Wildman–Crippen MR) is 108 cm³/mol. The number of benzene rings is 1. The highest BCUT2D eigenvalue weighted by molar-refractivity contribution is 6.31. The molecule has 1 aliphatic heterocycles.